The van der Waals surface area contributed by atoms with E-state index in [1.807, 2.05) is 11.0 Å². The Balaban J connectivity index is 1.54. The van der Waals surface area contributed by atoms with E-state index in [2.05, 4.69) is 5.32 Å². The number of fused-ring (bicyclic) bond motifs is 2. The molecule has 3 aliphatic rings. The topological polar surface area (TPSA) is 32.3 Å². The van der Waals surface area contributed by atoms with Crippen LogP contribution in [0, 0.1) is 11.7 Å². The van der Waals surface area contributed by atoms with Crippen LogP contribution in [-0.4, -0.2) is 30.4 Å². The molecule has 2 heterocycles. The molecular formula is C16H19FN2O. The molecule has 1 saturated carbocycles. The van der Waals surface area contributed by atoms with Crippen LogP contribution in [0.5, 0.6) is 0 Å². The summed E-state index contributed by atoms with van der Waals surface area (Å²) < 4.78 is 13.5. The average Bonchev–Trinajstić information content (AvgIpc) is 3.26. The Hall–Kier alpha value is -1.58. The Morgan fingerprint density at radius 3 is 2.75 bits per heavy atom. The van der Waals surface area contributed by atoms with Crippen molar-refractivity contribution in [2.24, 2.45) is 5.92 Å². The number of benzene rings is 1. The standard InChI is InChI=1S/C16H19FN2O/c17-12-3-4-14-13(9-12)16(10-18-14)5-7-19(8-6-16)15(20)11-1-2-11/h3-4,9,11,18H,1-2,5-8,10H2. The lowest BCUT2D eigenvalue weighted by atomic mass is 9.74. The molecule has 2 aliphatic heterocycles. The molecule has 0 bridgehead atoms. The number of carbonyl (C=O) groups excluding carboxylic acids is 1. The lowest BCUT2D eigenvalue weighted by Gasteiger charge is -2.39. The van der Waals surface area contributed by atoms with Gasteiger partial charge < -0.3 is 10.2 Å². The molecule has 0 radical (unpaired) electrons. The Bertz CT molecular complexity index is 560. The number of amides is 1. The molecule has 0 unspecified atom stereocenters. The van der Waals surface area contributed by atoms with Crippen molar-refractivity contribution < 1.29 is 9.18 Å². The molecule has 1 spiro atoms. The second-order valence-corrected chi connectivity index (χ2v) is 6.42. The van der Waals surface area contributed by atoms with Crippen LogP contribution >= 0.6 is 0 Å². The summed E-state index contributed by atoms with van der Waals surface area (Å²) in [4.78, 5) is 14.1. The third-order valence-corrected chi connectivity index (χ3v) is 5.13. The number of hydrogen-bond donors (Lipinski definition) is 1. The first-order valence-corrected chi connectivity index (χ1v) is 7.51. The maximum Gasteiger partial charge on any atom is 0.225 e. The van der Waals surface area contributed by atoms with E-state index in [9.17, 15) is 9.18 Å². The number of rotatable bonds is 1. The number of nitrogens with one attached hydrogen (secondary N) is 1. The van der Waals surface area contributed by atoms with Gasteiger partial charge in [-0.1, -0.05) is 0 Å². The van der Waals surface area contributed by atoms with Crippen LogP contribution in [0.2, 0.25) is 0 Å². The van der Waals surface area contributed by atoms with E-state index in [4.69, 9.17) is 0 Å². The summed E-state index contributed by atoms with van der Waals surface area (Å²) in [6.45, 7) is 2.50. The maximum absolute atomic E-state index is 13.5. The molecule has 1 amide bonds. The molecule has 0 aromatic heterocycles. The molecule has 1 aromatic carbocycles. The second kappa shape index (κ2) is 4.21. The zero-order chi connectivity index (χ0) is 13.7. The highest BCUT2D eigenvalue weighted by Crippen LogP contribution is 2.44. The van der Waals surface area contributed by atoms with E-state index in [1.165, 1.54) is 6.07 Å². The van der Waals surface area contributed by atoms with Crippen LogP contribution in [0.25, 0.3) is 0 Å². The SMILES string of the molecule is O=C(C1CC1)N1CCC2(CC1)CNc1ccc(F)cc12. The van der Waals surface area contributed by atoms with Gasteiger partial charge in [0, 0.05) is 36.7 Å². The zero-order valence-corrected chi connectivity index (χ0v) is 11.5. The van der Waals surface area contributed by atoms with Crippen LogP contribution in [-0.2, 0) is 10.2 Å². The Kier molecular flexibility index (Phi) is 2.56. The predicted octanol–water partition coefficient (Wildman–Crippen LogP) is 2.52. The summed E-state index contributed by atoms with van der Waals surface area (Å²) in [5.74, 6) is 0.476. The van der Waals surface area contributed by atoms with Gasteiger partial charge in [0.2, 0.25) is 5.91 Å². The lowest BCUT2D eigenvalue weighted by Crippen LogP contribution is -2.46. The van der Waals surface area contributed by atoms with E-state index in [0.29, 0.717) is 11.8 Å². The van der Waals surface area contributed by atoms with Gasteiger partial charge in [0.05, 0.1) is 0 Å². The van der Waals surface area contributed by atoms with Crippen molar-refractivity contribution in [1.29, 1.82) is 0 Å². The summed E-state index contributed by atoms with van der Waals surface area (Å²) in [6, 6.07) is 5.02. The second-order valence-electron chi connectivity index (χ2n) is 6.42. The smallest absolute Gasteiger partial charge is 0.225 e. The summed E-state index contributed by atoms with van der Waals surface area (Å²) in [7, 11) is 0. The average molecular weight is 274 g/mol. The fourth-order valence-electron chi connectivity index (χ4n) is 3.66. The van der Waals surface area contributed by atoms with E-state index >= 15 is 0 Å². The van der Waals surface area contributed by atoms with Crippen molar-refractivity contribution in [3.05, 3.63) is 29.6 Å². The number of carbonyl (C=O) groups is 1. The molecule has 4 rings (SSSR count). The van der Waals surface area contributed by atoms with Crippen LogP contribution in [0.4, 0.5) is 10.1 Å². The first-order valence-electron chi connectivity index (χ1n) is 7.51. The van der Waals surface area contributed by atoms with Crippen molar-refractivity contribution >= 4 is 11.6 Å². The molecule has 106 valence electrons. The first kappa shape index (κ1) is 12.2. The third kappa shape index (κ3) is 1.81. The van der Waals surface area contributed by atoms with Crippen LogP contribution in [0.15, 0.2) is 18.2 Å². The van der Waals surface area contributed by atoms with Gasteiger partial charge in [0.1, 0.15) is 5.82 Å². The molecule has 4 heteroatoms. The monoisotopic (exact) mass is 274 g/mol. The minimum absolute atomic E-state index is 0.0256. The van der Waals surface area contributed by atoms with Gasteiger partial charge >= 0.3 is 0 Å². The van der Waals surface area contributed by atoms with Crippen molar-refractivity contribution in [2.45, 2.75) is 31.1 Å². The van der Waals surface area contributed by atoms with Crippen LogP contribution in [0.1, 0.15) is 31.2 Å². The number of piperidine rings is 1. The normalized spacial score (nSPS) is 23.6. The molecule has 1 saturated heterocycles. The number of halogens is 1. The fraction of sp³-hybridized carbons (Fsp3) is 0.562. The van der Waals surface area contributed by atoms with Crippen LogP contribution < -0.4 is 5.32 Å². The quantitative estimate of drug-likeness (QED) is 0.853. The van der Waals surface area contributed by atoms with Crippen molar-refractivity contribution in [3.63, 3.8) is 0 Å². The van der Waals surface area contributed by atoms with Gasteiger partial charge in [-0.15, -0.1) is 0 Å². The predicted molar refractivity (Wildman–Crippen MR) is 75.1 cm³/mol. The number of nitrogens with zero attached hydrogens (tertiary/aromatic N) is 1. The van der Waals surface area contributed by atoms with Gasteiger partial charge in [0.15, 0.2) is 0 Å². The number of hydrogen-bond acceptors (Lipinski definition) is 2. The number of likely N-dealkylation sites (tertiary alicyclic amines) is 1. The molecular weight excluding hydrogens is 255 g/mol. The minimum atomic E-state index is -0.164. The zero-order valence-electron chi connectivity index (χ0n) is 11.5. The summed E-state index contributed by atoms with van der Waals surface area (Å²) in [5.41, 5.74) is 2.20. The molecule has 20 heavy (non-hydrogen) atoms. The van der Waals surface area contributed by atoms with E-state index < -0.39 is 0 Å². The van der Waals surface area contributed by atoms with Crippen molar-refractivity contribution in [3.8, 4) is 0 Å². The highest BCUT2D eigenvalue weighted by atomic mass is 19.1. The van der Waals surface area contributed by atoms with Crippen molar-refractivity contribution in [2.75, 3.05) is 25.0 Å². The lowest BCUT2D eigenvalue weighted by molar-refractivity contribution is -0.134. The Morgan fingerprint density at radius 1 is 1.30 bits per heavy atom. The largest absolute Gasteiger partial charge is 0.384 e. The minimum Gasteiger partial charge on any atom is -0.384 e. The number of anilines is 1. The van der Waals surface area contributed by atoms with E-state index in [1.54, 1.807) is 6.07 Å². The van der Waals surface area contributed by atoms with E-state index in [-0.39, 0.29) is 11.2 Å². The molecule has 1 aromatic rings. The Morgan fingerprint density at radius 2 is 2.05 bits per heavy atom. The molecule has 3 nitrogen and oxygen atoms in total. The summed E-state index contributed by atoms with van der Waals surface area (Å²) >= 11 is 0. The molecule has 1 N–H and O–H groups in total. The maximum atomic E-state index is 13.5. The van der Waals surface area contributed by atoms with Gasteiger partial charge in [0.25, 0.3) is 0 Å². The summed E-state index contributed by atoms with van der Waals surface area (Å²) in [5, 5.41) is 3.40. The van der Waals surface area contributed by atoms with E-state index in [0.717, 1.165) is 56.6 Å². The van der Waals surface area contributed by atoms with Gasteiger partial charge in [-0.2, -0.15) is 0 Å². The highest BCUT2D eigenvalue weighted by Gasteiger charge is 2.44. The third-order valence-electron chi connectivity index (χ3n) is 5.13. The summed E-state index contributed by atoms with van der Waals surface area (Å²) in [6.07, 6.45) is 4.01. The van der Waals surface area contributed by atoms with Crippen molar-refractivity contribution in [1.82, 2.24) is 4.90 Å². The molecule has 0 atom stereocenters. The molecule has 2 fully saturated rings. The fourth-order valence-corrected chi connectivity index (χ4v) is 3.66. The highest BCUT2D eigenvalue weighted by molar-refractivity contribution is 5.81. The van der Waals surface area contributed by atoms with Gasteiger partial charge in [-0.05, 0) is 49.4 Å². The Labute approximate surface area is 118 Å². The van der Waals surface area contributed by atoms with Crippen LogP contribution in [0.3, 0.4) is 0 Å². The van der Waals surface area contributed by atoms with Gasteiger partial charge in [-0.25, -0.2) is 4.39 Å². The van der Waals surface area contributed by atoms with Gasteiger partial charge in [-0.3, -0.25) is 4.79 Å². The first-order chi connectivity index (χ1) is 9.68. The molecule has 1 aliphatic carbocycles.